The fourth-order valence-corrected chi connectivity index (χ4v) is 4.07. The third kappa shape index (κ3) is 4.84. The van der Waals surface area contributed by atoms with Gasteiger partial charge in [0.2, 0.25) is 0 Å². The quantitative estimate of drug-likeness (QED) is 0.283. The third-order valence-electron chi connectivity index (χ3n) is 5.40. The van der Waals surface area contributed by atoms with E-state index < -0.39 is 0 Å². The van der Waals surface area contributed by atoms with E-state index in [-0.39, 0.29) is 22.2 Å². The number of carbonyl (C=O) groups excluding carboxylic acids is 1. The largest absolute Gasteiger partial charge is 0.361 e. The first-order valence-corrected chi connectivity index (χ1v) is 11.1. The SMILES string of the molecule is CC(=N)c1c(Nc2ccccc2)ncc(C(=O)NCc2ccc(-c3c(C)noc3C)cc2)c1Cl. The van der Waals surface area contributed by atoms with Crippen LogP contribution in [0.25, 0.3) is 11.1 Å². The van der Waals surface area contributed by atoms with Crippen LogP contribution in [0, 0.1) is 19.3 Å². The lowest BCUT2D eigenvalue weighted by Crippen LogP contribution is -2.24. The van der Waals surface area contributed by atoms with Crippen molar-refractivity contribution in [2.24, 2.45) is 0 Å². The molecule has 0 saturated heterocycles. The van der Waals surface area contributed by atoms with Gasteiger partial charge in [0.25, 0.3) is 5.91 Å². The molecule has 2 heterocycles. The van der Waals surface area contributed by atoms with Crippen molar-refractivity contribution in [2.45, 2.75) is 27.3 Å². The van der Waals surface area contributed by atoms with Crippen LogP contribution in [0.1, 0.15) is 39.9 Å². The van der Waals surface area contributed by atoms with Gasteiger partial charge in [-0.1, -0.05) is 59.2 Å². The van der Waals surface area contributed by atoms with E-state index in [0.717, 1.165) is 33.8 Å². The molecule has 0 spiro atoms. The van der Waals surface area contributed by atoms with Gasteiger partial charge in [0, 0.05) is 29.7 Å². The molecule has 0 aliphatic carbocycles. The number of benzene rings is 2. The summed E-state index contributed by atoms with van der Waals surface area (Å²) in [6.45, 7) is 5.72. The van der Waals surface area contributed by atoms with Gasteiger partial charge in [-0.25, -0.2) is 4.98 Å². The zero-order chi connectivity index (χ0) is 24.2. The minimum atomic E-state index is -0.360. The van der Waals surface area contributed by atoms with Crippen LogP contribution < -0.4 is 10.6 Å². The number of nitrogens with zero attached hydrogens (tertiary/aromatic N) is 2. The Kier molecular flexibility index (Phi) is 6.75. The summed E-state index contributed by atoms with van der Waals surface area (Å²) < 4.78 is 5.24. The standard InChI is InChI=1S/C26H24ClN5O2/c1-15(28)22-24(27)21(14-29-25(22)31-20-7-5-4-6-8-20)26(33)30-13-18-9-11-19(12-10-18)23-16(2)32-34-17(23)3/h4-12,14,28H,13H2,1-3H3,(H,29,31)(H,30,33). The molecule has 8 heteroatoms. The molecule has 0 aliphatic rings. The molecule has 0 bridgehead atoms. The lowest BCUT2D eigenvalue weighted by Gasteiger charge is -2.15. The number of amides is 1. The van der Waals surface area contributed by atoms with E-state index in [1.54, 1.807) is 6.92 Å². The number of aromatic nitrogens is 2. The van der Waals surface area contributed by atoms with Crippen molar-refractivity contribution in [2.75, 3.05) is 5.32 Å². The summed E-state index contributed by atoms with van der Waals surface area (Å²) in [5.74, 6) is 0.833. The Labute approximate surface area is 202 Å². The Morgan fingerprint density at radius 2 is 1.79 bits per heavy atom. The van der Waals surface area contributed by atoms with E-state index in [1.807, 2.05) is 68.4 Å². The number of hydrogen-bond acceptors (Lipinski definition) is 6. The second-order valence-corrected chi connectivity index (χ2v) is 8.28. The van der Waals surface area contributed by atoms with Crippen molar-refractivity contribution in [3.8, 4) is 11.1 Å². The molecule has 2 aromatic carbocycles. The summed E-state index contributed by atoms with van der Waals surface area (Å²) in [5, 5.41) is 18.4. The van der Waals surface area contributed by atoms with Gasteiger partial charge in [0.15, 0.2) is 0 Å². The summed E-state index contributed by atoms with van der Waals surface area (Å²) in [4.78, 5) is 17.3. The molecule has 4 aromatic rings. The first-order chi connectivity index (χ1) is 16.3. The maximum atomic E-state index is 12.9. The lowest BCUT2D eigenvalue weighted by molar-refractivity contribution is 0.0950. The number of nitrogens with one attached hydrogen (secondary N) is 3. The molecule has 2 aromatic heterocycles. The highest BCUT2D eigenvalue weighted by Crippen LogP contribution is 2.29. The number of pyridine rings is 1. The fourth-order valence-electron chi connectivity index (χ4n) is 3.70. The van der Waals surface area contributed by atoms with Crippen LogP contribution in [0.3, 0.4) is 0 Å². The number of para-hydroxylation sites is 1. The lowest BCUT2D eigenvalue weighted by atomic mass is 10.0. The minimum Gasteiger partial charge on any atom is -0.361 e. The molecule has 172 valence electrons. The molecule has 0 fully saturated rings. The summed E-state index contributed by atoms with van der Waals surface area (Å²) in [6.07, 6.45) is 1.43. The van der Waals surface area contributed by atoms with Crippen LogP contribution in [0.15, 0.2) is 65.3 Å². The van der Waals surface area contributed by atoms with E-state index in [0.29, 0.717) is 17.9 Å². The number of carbonyl (C=O) groups is 1. The third-order valence-corrected chi connectivity index (χ3v) is 5.79. The van der Waals surface area contributed by atoms with E-state index in [4.69, 9.17) is 21.5 Å². The van der Waals surface area contributed by atoms with E-state index in [2.05, 4.69) is 20.8 Å². The molecule has 0 radical (unpaired) electrons. The van der Waals surface area contributed by atoms with Crippen molar-refractivity contribution >= 4 is 34.7 Å². The predicted octanol–water partition coefficient (Wildman–Crippen LogP) is 6.07. The van der Waals surface area contributed by atoms with E-state index in [1.165, 1.54) is 6.20 Å². The summed E-state index contributed by atoms with van der Waals surface area (Å²) in [5.41, 5.74) is 5.38. The zero-order valence-electron chi connectivity index (χ0n) is 19.1. The normalized spacial score (nSPS) is 10.7. The molecule has 0 aliphatic heterocycles. The van der Waals surface area contributed by atoms with Gasteiger partial charge in [-0.3, -0.25) is 4.79 Å². The smallest absolute Gasteiger partial charge is 0.254 e. The van der Waals surface area contributed by atoms with Crippen LogP contribution in [0.4, 0.5) is 11.5 Å². The van der Waals surface area contributed by atoms with Gasteiger partial charge in [0.05, 0.1) is 21.8 Å². The fraction of sp³-hybridized carbons (Fsp3) is 0.154. The highest BCUT2D eigenvalue weighted by molar-refractivity contribution is 6.37. The number of halogens is 1. The Bertz CT molecular complexity index is 1330. The van der Waals surface area contributed by atoms with E-state index in [9.17, 15) is 4.79 Å². The maximum absolute atomic E-state index is 12.9. The highest BCUT2D eigenvalue weighted by Gasteiger charge is 2.20. The first kappa shape index (κ1) is 23.2. The Hall–Kier alpha value is -3.97. The van der Waals surface area contributed by atoms with Crippen LogP contribution >= 0.6 is 11.6 Å². The summed E-state index contributed by atoms with van der Waals surface area (Å²) >= 11 is 6.56. The average molecular weight is 474 g/mol. The van der Waals surface area contributed by atoms with E-state index >= 15 is 0 Å². The van der Waals surface area contributed by atoms with Crippen molar-refractivity contribution in [1.82, 2.24) is 15.5 Å². The topological polar surface area (TPSA) is 104 Å². The van der Waals surface area contributed by atoms with Crippen LogP contribution in [0.2, 0.25) is 5.02 Å². The number of anilines is 2. The van der Waals surface area contributed by atoms with Gasteiger partial charge in [-0.15, -0.1) is 0 Å². The Morgan fingerprint density at radius 1 is 1.09 bits per heavy atom. The van der Waals surface area contributed by atoms with Gasteiger partial charge in [0.1, 0.15) is 11.6 Å². The minimum absolute atomic E-state index is 0.187. The monoisotopic (exact) mass is 473 g/mol. The molecule has 1 amide bonds. The van der Waals surface area contributed by atoms with Crippen molar-refractivity contribution < 1.29 is 9.32 Å². The van der Waals surface area contributed by atoms with Crippen molar-refractivity contribution in [3.63, 3.8) is 0 Å². The summed E-state index contributed by atoms with van der Waals surface area (Å²) in [6, 6.07) is 17.3. The highest BCUT2D eigenvalue weighted by atomic mass is 35.5. The van der Waals surface area contributed by atoms with Gasteiger partial charge >= 0.3 is 0 Å². The molecule has 4 rings (SSSR count). The molecule has 0 unspecified atom stereocenters. The number of aryl methyl sites for hydroxylation is 2. The van der Waals surface area contributed by atoms with Crippen LogP contribution in [-0.2, 0) is 6.54 Å². The zero-order valence-corrected chi connectivity index (χ0v) is 19.8. The molecule has 3 N–H and O–H groups in total. The molecule has 34 heavy (non-hydrogen) atoms. The summed E-state index contributed by atoms with van der Waals surface area (Å²) in [7, 11) is 0. The molecule has 7 nitrogen and oxygen atoms in total. The Morgan fingerprint density at radius 3 is 2.41 bits per heavy atom. The van der Waals surface area contributed by atoms with Crippen molar-refractivity contribution in [3.05, 3.63) is 94.0 Å². The second-order valence-electron chi connectivity index (χ2n) is 7.90. The van der Waals surface area contributed by atoms with Crippen LogP contribution in [-0.4, -0.2) is 21.8 Å². The molecule has 0 saturated carbocycles. The molecule has 0 atom stereocenters. The van der Waals surface area contributed by atoms with Gasteiger partial charge < -0.3 is 20.6 Å². The molecular formula is C26H24ClN5O2. The maximum Gasteiger partial charge on any atom is 0.254 e. The van der Waals surface area contributed by atoms with Crippen molar-refractivity contribution in [1.29, 1.82) is 5.41 Å². The van der Waals surface area contributed by atoms with Gasteiger partial charge in [-0.2, -0.15) is 0 Å². The number of hydrogen-bond donors (Lipinski definition) is 3. The molecular weight excluding hydrogens is 450 g/mol. The number of rotatable bonds is 7. The Balaban J connectivity index is 1.50. The second kappa shape index (κ2) is 9.89. The average Bonchev–Trinajstić information content (AvgIpc) is 3.16. The van der Waals surface area contributed by atoms with Crippen LogP contribution in [0.5, 0.6) is 0 Å². The predicted molar refractivity (Wildman–Crippen MR) is 134 cm³/mol. The van der Waals surface area contributed by atoms with Gasteiger partial charge in [-0.05, 0) is 44.0 Å². The first-order valence-electron chi connectivity index (χ1n) is 10.7.